The molecule has 1 atom stereocenters. The van der Waals surface area contributed by atoms with Crippen molar-refractivity contribution in [3.8, 4) is 0 Å². The summed E-state index contributed by atoms with van der Waals surface area (Å²) in [5, 5.41) is 7.26. The number of hydrogen-bond acceptors (Lipinski definition) is 3. The van der Waals surface area contributed by atoms with Gasteiger partial charge < -0.3 is 4.74 Å². The second kappa shape index (κ2) is 5.85. The minimum Gasteiger partial charge on any atom is -0.381 e. The monoisotopic (exact) mass is 249 g/mol. The van der Waals surface area contributed by atoms with Crippen molar-refractivity contribution in [3.63, 3.8) is 0 Å². The zero-order chi connectivity index (χ0) is 12.2. The second-order valence-electron chi connectivity index (χ2n) is 5.57. The van der Waals surface area contributed by atoms with Crippen LogP contribution in [-0.2, 0) is 4.74 Å². The fourth-order valence-corrected chi connectivity index (χ4v) is 3.27. The third kappa shape index (κ3) is 2.75. The smallest absolute Gasteiger partial charge is 0.0523 e. The number of likely N-dealkylation sites (tertiary alicyclic amines) is 1. The van der Waals surface area contributed by atoms with Crippen LogP contribution in [0.1, 0.15) is 43.8 Å². The van der Waals surface area contributed by atoms with Gasteiger partial charge >= 0.3 is 0 Å². The van der Waals surface area contributed by atoms with E-state index in [-0.39, 0.29) is 0 Å². The van der Waals surface area contributed by atoms with E-state index in [2.05, 4.69) is 21.2 Å². The van der Waals surface area contributed by atoms with Crippen LogP contribution in [0.3, 0.4) is 0 Å². The molecule has 1 aromatic heterocycles. The molecule has 3 rings (SSSR count). The maximum absolute atomic E-state index is 5.45. The van der Waals surface area contributed by atoms with E-state index < -0.39 is 0 Å². The highest BCUT2D eigenvalue weighted by molar-refractivity contribution is 5.06. The summed E-state index contributed by atoms with van der Waals surface area (Å²) in [5.41, 5.74) is 1.29. The molecule has 4 nitrogen and oxygen atoms in total. The number of nitrogens with zero attached hydrogens (tertiary/aromatic N) is 2. The van der Waals surface area contributed by atoms with E-state index in [0.717, 1.165) is 19.1 Å². The molecule has 0 aliphatic carbocycles. The van der Waals surface area contributed by atoms with E-state index in [1.165, 1.54) is 50.9 Å². The summed E-state index contributed by atoms with van der Waals surface area (Å²) in [7, 11) is 0. The molecular weight excluding hydrogens is 226 g/mol. The van der Waals surface area contributed by atoms with Crippen LogP contribution in [0.2, 0.25) is 0 Å². The van der Waals surface area contributed by atoms with Gasteiger partial charge in [-0.05, 0) is 44.2 Å². The van der Waals surface area contributed by atoms with Gasteiger partial charge in [-0.25, -0.2) is 0 Å². The lowest BCUT2D eigenvalue weighted by molar-refractivity contribution is 0.0377. The predicted molar refractivity (Wildman–Crippen MR) is 70.3 cm³/mol. The molecule has 0 radical (unpaired) electrons. The van der Waals surface area contributed by atoms with Gasteiger partial charge in [-0.1, -0.05) is 6.42 Å². The number of H-pyrrole nitrogens is 1. The van der Waals surface area contributed by atoms with Crippen LogP contribution in [0.5, 0.6) is 0 Å². The van der Waals surface area contributed by atoms with Crippen molar-refractivity contribution < 1.29 is 4.74 Å². The minimum absolute atomic E-state index is 0.559. The first-order valence-corrected chi connectivity index (χ1v) is 7.24. The zero-order valence-corrected chi connectivity index (χ0v) is 11.0. The van der Waals surface area contributed by atoms with Crippen LogP contribution in [0.15, 0.2) is 12.3 Å². The Balaban J connectivity index is 1.64. The molecule has 2 aliphatic heterocycles. The number of aromatic nitrogens is 2. The Bertz CT molecular complexity index is 346. The molecule has 100 valence electrons. The Kier molecular flexibility index (Phi) is 3.96. The Morgan fingerprint density at radius 3 is 2.94 bits per heavy atom. The van der Waals surface area contributed by atoms with Crippen LogP contribution in [0.4, 0.5) is 0 Å². The zero-order valence-electron chi connectivity index (χ0n) is 11.0. The van der Waals surface area contributed by atoms with Gasteiger partial charge in [0.25, 0.3) is 0 Å². The lowest BCUT2D eigenvalue weighted by Crippen LogP contribution is -2.38. The van der Waals surface area contributed by atoms with Gasteiger partial charge in [0.1, 0.15) is 0 Å². The predicted octanol–water partition coefficient (Wildman–Crippen LogP) is 2.36. The number of nitrogens with one attached hydrogen (secondary N) is 1. The molecular formula is C14H23N3O. The molecule has 4 heteroatoms. The van der Waals surface area contributed by atoms with Gasteiger partial charge in [0.2, 0.25) is 0 Å². The lowest BCUT2D eigenvalue weighted by atomic mass is 9.94. The number of aromatic amines is 1. The van der Waals surface area contributed by atoms with E-state index in [0.29, 0.717) is 6.04 Å². The molecule has 3 heterocycles. The van der Waals surface area contributed by atoms with Crippen molar-refractivity contribution >= 4 is 0 Å². The summed E-state index contributed by atoms with van der Waals surface area (Å²) in [6.07, 6.45) is 8.28. The summed E-state index contributed by atoms with van der Waals surface area (Å²) in [4.78, 5) is 2.66. The summed E-state index contributed by atoms with van der Waals surface area (Å²) in [6.45, 7) is 4.37. The first kappa shape index (κ1) is 12.2. The highest BCUT2D eigenvalue weighted by atomic mass is 16.5. The first-order chi connectivity index (χ1) is 8.93. The van der Waals surface area contributed by atoms with Crippen molar-refractivity contribution in [1.29, 1.82) is 0 Å². The van der Waals surface area contributed by atoms with Gasteiger partial charge in [-0.15, -0.1) is 0 Å². The summed E-state index contributed by atoms with van der Waals surface area (Å²) in [6, 6.07) is 2.69. The Labute approximate surface area is 109 Å². The van der Waals surface area contributed by atoms with E-state index in [9.17, 15) is 0 Å². The quantitative estimate of drug-likeness (QED) is 0.894. The minimum atomic E-state index is 0.559. The molecule has 0 bridgehead atoms. The summed E-state index contributed by atoms with van der Waals surface area (Å²) < 4.78 is 5.45. The second-order valence-corrected chi connectivity index (χ2v) is 5.57. The average molecular weight is 249 g/mol. The molecule has 0 spiro atoms. The van der Waals surface area contributed by atoms with Crippen molar-refractivity contribution in [3.05, 3.63) is 18.0 Å². The van der Waals surface area contributed by atoms with Crippen LogP contribution >= 0.6 is 0 Å². The number of ether oxygens (including phenoxy) is 1. The molecule has 0 amide bonds. The Hall–Kier alpha value is -0.870. The lowest BCUT2D eigenvalue weighted by Gasteiger charge is -2.38. The molecule has 2 fully saturated rings. The maximum atomic E-state index is 5.45. The molecule has 2 saturated heterocycles. The highest BCUT2D eigenvalue weighted by Crippen LogP contribution is 2.31. The number of rotatable bonds is 3. The summed E-state index contributed by atoms with van der Waals surface area (Å²) in [5.74, 6) is 0.822. The van der Waals surface area contributed by atoms with Crippen LogP contribution < -0.4 is 0 Å². The number of piperidine rings is 1. The molecule has 0 aromatic carbocycles. The maximum Gasteiger partial charge on any atom is 0.0523 e. The van der Waals surface area contributed by atoms with E-state index in [4.69, 9.17) is 4.74 Å². The topological polar surface area (TPSA) is 41.1 Å². The van der Waals surface area contributed by atoms with Gasteiger partial charge in [0.15, 0.2) is 0 Å². The van der Waals surface area contributed by atoms with Crippen LogP contribution in [0, 0.1) is 5.92 Å². The van der Waals surface area contributed by atoms with E-state index in [1.54, 1.807) is 0 Å². The van der Waals surface area contributed by atoms with Gasteiger partial charge in [-0.3, -0.25) is 10.00 Å². The van der Waals surface area contributed by atoms with Gasteiger partial charge in [-0.2, -0.15) is 5.10 Å². The molecule has 0 unspecified atom stereocenters. The highest BCUT2D eigenvalue weighted by Gasteiger charge is 2.27. The molecule has 0 saturated carbocycles. The Morgan fingerprint density at radius 2 is 2.17 bits per heavy atom. The van der Waals surface area contributed by atoms with Crippen molar-refractivity contribution in [2.24, 2.45) is 5.92 Å². The number of hydrogen-bond donors (Lipinski definition) is 1. The molecule has 2 aliphatic rings. The van der Waals surface area contributed by atoms with E-state index in [1.807, 2.05) is 6.20 Å². The molecule has 18 heavy (non-hydrogen) atoms. The fraction of sp³-hybridized carbons (Fsp3) is 0.786. The van der Waals surface area contributed by atoms with E-state index >= 15 is 0 Å². The SMILES string of the molecule is c1cc([C@H]2CCCCN2CC2CCOCC2)[nH]n1. The molecule has 1 aromatic rings. The largest absolute Gasteiger partial charge is 0.381 e. The van der Waals surface area contributed by atoms with Crippen molar-refractivity contribution in [2.45, 2.75) is 38.1 Å². The average Bonchev–Trinajstić information content (AvgIpc) is 2.94. The Morgan fingerprint density at radius 1 is 1.28 bits per heavy atom. The standard InChI is InChI=1S/C14H23N3O/c1-2-8-17(11-12-5-9-18-10-6-12)14(3-1)13-4-7-15-16-13/h4,7,12,14H,1-3,5-6,8-11H2,(H,15,16)/t14-/m1/s1. The summed E-state index contributed by atoms with van der Waals surface area (Å²) >= 11 is 0. The van der Waals surface area contributed by atoms with Gasteiger partial charge in [0, 0.05) is 26.0 Å². The van der Waals surface area contributed by atoms with Crippen molar-refractivity contribution in [1.82, 2.24) is 15.1 Å². The van der Waals surface area contributed by atoms with Crippen molar-refractivity contribution in [2.75, 3.05) is 26.3 Å². The third-order valence-electron chi connectivity index (χ3n) is 4.33. The van der Waals surface area contributed by atoms with Crippen LogP contribution in [0.25, 0.3) is 0 Å². The third-order valence-corrected chi connectivity index (χ3v) is 4.33. The van der Waals surface area contributed by atoms with Crippen LogP contribution in [-0.4, -0.2) is 41.4 Å². The normalized spacial score (nSPS) is 27.4. The fourth-order valence-electron chi connectivity index (χ4n) is 3.27. The van der Waals surface area contributed by atoms with Gasteiger partial charge in [0.05, 0.1) is 11.7 Å². The molecule has 1 N–H and O–H groups in total. The first-order valence-electron chi connectivity index (χ1n) is 7.24.